The zero-order valence-corrected chi connectivity index (χ0v) is 14.8. The fourth-order valence-electron chi connectivity index (χ4n) is 2.93. The van der Waals surface area contributed by atoms with E-state index in [9.17, 15) is 14.4 Å². The predicted octanol–water partition coefficient (Wildman–Crippen LogP) is 0.633. The van der Waals surface area contributed by atoms with Gasteiger partial charge in [-0.1, -0.05) is 6.92 Å². The molecular weight excluding hydrogens is 320 g/mol. The van der Waals surface area contributed by atoms with Gasteiger partial charge in [0.2, 0.25) is 5.91 Å². The molecule has 0 saturated carbocycles. The van der Waals surface area contributed by atoms with Gasteiger partial charge in [-0.05, 0) is 45.7 Å². The Morgan fingerprint density at radius 1 is 1.39 bits per heavy atom. The predicted molar refractivity (Wildman–Crippen MR) is 89.4 cm³/mol. The second-order valence-electron chi connectivity index (χ2n) is 6.76. The van der Waals surface area contributed by atoms with E-state index in [1.54, 1.807) is 13.8 Å². The monoisotopic (exact) mass is 346 g/mol. The van der Waals surface area contributed by atoms with Gasteiger partial charge in [0, 0.05) is 19.0 Å². The van der Waals surface area contributed by atoms with Crippen LogP contribution in [-0.2, 0) is 9.59 Å². The second kappa shape index (κ2) is 7.97. The number of halogens is 1. The van der Waals surface area contributed by atoms with Gasteiger partial charge in [0.05, 0.1) is 0 Å². The van der Waals surface area contributed by atoms with Crippen LogP contribution in [0.25, 0.3) is 0 Å². The SMILES string of the molecule is CC1CNCCC1NC(=O)CCCN1C(=O)NC(C)(C)C1=O.Cl. The van der Waals surface area contributed by atoms with Crippen LogP contribution in [0.3, 0.4) is 0 Å². The normalized spacial score (nSPS) is 26.5. The average Bonchev–Trinajstić information content (AvgIpc) is 2.63. The molecule has 4 amide bonds. The molecule has 2 aliphatic rings. The van der Waals surface area contributed by atoms with E-state index in [4.69, 9.17) is 0 Å². The molecule has 23 heavy (non-hydrogen) atoms. The highest BCUT2D eigenvalue weighted by atomic mass is 35.5. The maximum atomic E-state index is 12.0. The summed E-state index contributed by atoms with van der Waals surface area (Å²) in [7, 11) is 0. The molecule has 0 spiro atoms. The summed E-state index contributed by atoms with van der Waals surface area (Å²) in [4.78, 5) is 36.9. The molecule has 0 aromatic heterocycles. The minimum absolute atomic E-state index is 0. The lowest BCUT2D eigenvalue weighted by molar-refractivity contribution is -0.130. The van der Waals surface area contributed by atoms with E-state index in [0.29, 0.717) is 18.8 Å². The Balaban J connectivity index is 0.00000264. The summed E-state index contributed by atoms with van der Waals surface area (Å²) >= 11 is 0. The second-order valence-corrected chi connectivity index (χ2v) is 6.76. The standard InChI is InChI=1S/C15H26N4O3.ClH/c1-10-9-16-7-6-11(10)17-12(20)5-4-8-19-13(21)15(2,3)18-14(19)22;/h10-11,16H,4-9H2,1-3H3,(H,17,20)(H,18,22);1H. The van der Waals surface area contributed by atoms with E-state index >= 15 is 0 Å². The Morgan fingerprint density at radius 2 is 2.09 bits per heavy atom. The van der Waals surface area contributed by atoms with Crippen LogP contribution in [0.2, 0.25) is 0 Å². The molecule has 0 radical (unpaired) electrons. The Bertz CT molecular complexity index is 470. The number of amides is 4. The van der Waals surface area contributed by atoms with Crippen LogP contribution >= 0.6 is 12.4 Å². The number of nitrogens with zero attached hydrogens (tertiary/aromatic N) is 1. The molecule has 0 aromatic rings. The molecule has 132 valence electrons. The van der Waals surface area contributed by atoms with Crippen molar-refractivity contribution in [3.63, 3.8) is 0 Å². The van der Waals surface area contributed by atoms with Crippen LogP contribution in [0.4, 0.5) is 4.79 Å². The fraction of sp³-hybridized carbons (Fsp3) is 0.800. The van der Waals surface area contributed by atoms with Crippen LogP contribution < -0.4 is 16.0 Å². The number of hydrogen-bond donors (Lipinski definition) is 3. The van der Waals surface area contributed by atoms with Gasteiger partial charge in [-0.3, -0.25) is 14.5 Å². The minimum atomic E-state index is -0.843. The smallest absolute Gasteiger partial charge is 0.325 e. The largest absolute Gasteiger partial charge is 0.353 e. The first kappa shape index (κ1) is 19.7. The summed E-state index contributed by atoms with van der Waals surface area (Å²) in [5.74, 6) is 0.180. The average molecular weight is 347 g/mol. The van der Waals surface area contributed by atoms with Gasteiger partial charge in [0.25, 0.3) is 5.91 Å². The highest BCUT2D eigenvalue weighted by Gasteiger charge is 2.43. The van der Waals surface area contributed by atoms with Gasteiger partial charge in [-0.15, -0.1) is 12.4 Å². The molecule has 2 unspecified atom stereocenters. The lowest BCUT2D eigenvalue weighted by atomic mass is 9.95. The summed E-state index contributed by atoms with van der Waals surface area (Å²) in [6.07, 6.45) is 1.75. The summed E-state index contributed by atoms with van der Waals surface area (Å²) < 4.78 is 0. The van der Waals surface area contributed by atoms with Gasteiger partial charge in [0.1, 0.15) is 5.54 Å². The van der Waals surface area contributed by atoms with E-state index in [1.165, 1.54) is 4.90 Å². The molecule has 3 N–H and O–H groups in total. The third-order valence-electron chi connectivity index (χ3n) is 4.36. The number of imide groups is 1. The Morgan fingerprint density at radius 3 is 2.65 bits per heavy atom. The van der Waals surface area contributed by atoms with Crippen molar-refractivity contribution in [2.24, 2.45) is 5.92 Å². The van der Waals surface area contributed by atoms with Crippen LogP contribution in [0.1, 0.15) is 40.0 Å². The van der Waals surface area contributed by atoms with Gasteiger partial charge >= 0.3 is 6.03 Å². The molecule has 0 aromatic carbocycles. The van der Waals surface area contributed by atoms with Crippen molar-refractivity contribution in [3.05, 3.63) is 0 Å². The molecule has 8 heteroatoms. The molecule has 2 fully saturated rings. The molecule has 2 saturated heterocycles. The van der Waals surface area contributed by atoms with Gasteiger partial charge in [-0.2, -0.15) is 0 Å². The quantitative estimate of drug-likeness (QED) is 0.637. The molecular formula is C15H27ClN4O3. The van der Waals surface area contributed by atoms with E-state index in [1.807, 2.05) is 0 Å². The number of urea groups is 1. The maximum absolute atomic E-state index is 12.0. The van der Waals surface area contributed by atoms with Gasteiger partial charge in [-0.25, -0.2) is 4.79 Å². The molecule has 0 aliphatic carbocycles. The number of rotatable bonds is 5. The van der Waals surface area contributed by atoms with E-state index in [2.05, 4.69) is 22.9 Å². The Kier molecular flexibility index (Phi) is 6.83. The zero-order valence-electron chi connectivity index (χ0n) is 14.0. The summed E-state index contributed by atoms with van der Waals surface area (Å²) in [5, 5.41) is 8.98. The third kappa shape index (κ3) is 4.81. The number of carbonyl (C=O) groups is 3. The van der Waals surface area contributed by atoms with Crippen molar-refractivity contribution >= 4 is 30.3 Å². The summed E-state index contributed by atoms with van der Waals surface area (Å²) in [6, 6.07) is -0.160. The van der Waals surface area contributed by atoms with Gasteiger partial charge in [0.15, 0.2) is 0 Å². The first-order valence-corrected chi connectivity index (χ1v) is 7.95. The number of carbonyl (C=O) groups excluding carboxylic acids is 3. The number of nitrogens with one attached hydrogen (secondary N) is 3. The van der Waals surface area contributed by atoms with Crippen molar-refractivity contribution in [2.45, 2.75) is 51.6 Å². The lowest BCUT2D eigenvalue weighted by Gasteiger charge is -2.30. The Labute approximate surface area is 143 Å². The summed E-state index contributed by atoms with van der Waals surface area (Å²) in [5.41, 5.74) is -0.843. The van der Waals surface area contributed by atoms with Crippen LogP contribution in [0, 0.1) is 5.92 Å². The highest BCUT2D eigenvalue weighted by Crippen LogP contribution is 2.17. The topological polar surface area (TPSA) is 90.5 Å². The van der Waals surface area contributed by atoms with Crippen molar-refractivity contribution < 1.29 is 14.4 Å². The Hall–Kier alpha value is -1.34. The molecule has 2 heterocycles. The highest BCUT2D eigenvalue weighted by molar-refractivity contribution is 6.06. The van der Waals surface area contributed by atoms with Crippen LogP contribution in [0.5, 0.6) is 0 Å². The van der Waals surface area contributed by atoms with Crippen LogP contribution in [0.15, 0.2) is 0 Å². The molecule has 7 nitrogen and oxygen atoms in total. The van der Waals surface area contributed by atoms with Crippen molar-refractivity contribution in [1.82, 2.24) is 20.9 Å². The zero-order chi connectivity index (χ0) is 16.3. The minimum Gasteiger partial charge on any atom is -0.353 e. The summed E-state index contributed by atoms with van der Waals surface area (Å²) in [6.45, 7) is 7.60. The van der Waals surface area contributed by atoms with E-state index in [-0.39, 0.29) is 42.8 Å². The first-order valence-electron chi connectivity index (χ1n) is 7.95. The van der Waals surface area contributed by atoms with E-state index in [0.717, 1.165) is 19.5 Å². The third-order valence-corrected chi connectivity index (χ3v) is 4.36. The van der Waals surface area contributed by atoms with Gasteiger partial charge < -0.3 is 16.0 Å². The molecule has 2 rings (SSSR count). The molecule has 2 atom stereocenters. The maximum Gasteiger partial charge on any atom is 0.325 e. The molecule has 0 bridgehead atoms. The number of piperidine rings is 1. The lowest BCUT2D eigenvalue weighted by Crippen LogP contribution is -2.48. The van der Waals surface area contributed by atoms with E-state index < -0.39 is 5.54 Å². The molecule has 2 aliphatic heterocycles. The fourth-order valence-corrected chi connectivity index (χ4v) is 2.93. The van der Waals surface area contributed by atoms with Crippen molar-refractivity contribution in [2.75, 3.05) is 19.6 Å². The van der Waals surface area contributed by atoms with Crippen molar-refractivity contribution in [1.29, 1.82) is 0 Å². The van der Waals surface area contributed by atoms with Crippen LogP contribution in [-0.4, -0.2) is 54.0 Å². The first-order chi connectivity index (χ1) is 10.3. The van der Waals surface area contributed by atoms with Crippen molar-refractivity contribution in [3.8, 4) is 0 Å². The number of hydrogen-bond acceptors (Lipinski definition) is 4.